The van der Waals surface area contributed by atoms with Gasteiger partial charge in [0.2, 0.25) is 0 Å². The minimum atomic E-state index is 0.456. The molecule has 0 N–H and O–H groups in total. The van der Waals surface area contributed by atoms with Gasteiger partial charge in [-0.3, -0.25) is 4.90 Å². The van der Waals surface area contributed by atoms with Crippen molar-refractivity contribution in [1.82, 2.24) is 4.90 Å². The standard InChI is InChI=1S/C27H34ClN3O2/c1-19-20(2)26(33-16-5-4-13-29)12-10-23(19)25-8-6-7-22-18-30(14-15-31(22)25)21-9-11-24(28)27(17-21)32-3/h9-12,17,22,25H,4-8,14-16,18H2,1-3H3/t22-,25+/m0/s1. The first-order valence-corrected chi connectivity index (χ1v) is 12.4. The van der Waals surface area contributed by atoms with Crippen LogP contribution in [0.5, 0.6) is 11.5 Å². The van der Waals surface area contributed by atoms with Gasteiger partial charge < -0.3 is 14.4 Å². The lowest BCUT2D eigenvalue weighted by molar-refractivity contribution is 0.0712. The van der Waals surface area contributed by atoms with Crippen LogP contribution in [-0.4, -0.2) is 44.3 Å². The van der Waals surface area contributed by atoms with Crippen LogP contribution in [0.1, 0.15) is 54.8 Å². The van der Waals surface area contributed by atoms with E-state index in [1.54, 1.807) is 7.11 Å². The van der Waals surface area contributed by atoms with Crippen LogP contribution in [0.15, 0.2) is 30.3 Å². The van der Waals surface area contributed by atoms with Gasteiger partial charge in [-0.2, -0.15) is 5.26 Å². The number of piperazine rings is 1. The zero-order valence-corrected chi connectivity index (χ0v) is 20.7. The van der Waals surface area contributed by atoms with Gasteiger partial charge in [-0.05, 0) is 74.4 Å². The topological polar surface area (TPSA) is 48.7 Å². The molecule has 4 rings (SSSR count). The Balaban J connectivity index is 1.48. The van der Waals surface area contributed by atoms with E-state index in [4.69, 9.17) is 26.3 Å². The van der Waals surface area contributed by atoms with Gasteiger partial charge in [0.25, 0.3) is 0 Å². The Kier molecular flexibility index (Phi) is 7.67. The Morgan fingerprint density at radius 1 is 1.09 bits per heavy atom. The van der Waals surface area contributed by atoms with Gasteiger partial charge in [-0.15, -0.1) is 0 Å². The lowest BCUT2D eigenvalue weighted by Crippen LogP contribution is -2.56. The maximum Gasteiger partial charge on any atom is 0.139 e. The molecule has 176 valence electrons. The molecule has 0 radical (unpaired) electrons. The fourth-order valence-corrected chi connectivity index (χ4v) is 5.53. The highest BCUT2D eigenvalue weighted by Gasteiger charge is 2.36. The molecule has 0 aromatic heterocycles. The summed E-state index contributed by atoms with van der Waals surface area (Å²) < 4.78 is 11.4. The molecule has 0 amide bonds. The monoisotopic (exact) mass is 467 g/mol. The second-order valence-electron chi connectivity index (χ2n) is 9.12. The smallest absolute Gasteiger partial charge is 0.139 e. The molecule has 33 heavy (non-hydrogen) atoms. The highest BCUT2D eigenvalue weighted by molar-refractivity contribution is 6.32. The van der Waals surface area contributed by atoms with Crippen LogP contribution in [0.25, 0.3) is 0 Å². The van der Waals surface area contributed by atoms with E-state index in [-0.39, 0.29) is 0 Å². The van der Waals surface area contributed by atoms with E-state index < -0.39 is 0 Å². The number of benzene rings is 2. The molecule has 2 aromatic carbocycles. The van der Waals surface area contributed by atoms with Crippen molar-refractivity contribution in [3.8, 4) is 17.6 Å². The van der Waals surface area contributed by atoms with Crippen molar-refractivity contribution in [2.75, 3.05) is 38.3 Å². The number of methoxy groups -OCH3 is 1. The van der Waals surface area contributed by atoms with Crippen LogP contribution in [0, 0.1) is 25.2 Å². The molecular formula is C27H34ClN3O2. The van der Waals surface area contributed by atoms with Crippen molar-refractivity contribution in [3.05, 3.63) is 52.0 Å². The summed E-state index contributed by atoms with van der Waals surface area (Å²) in [5, 5.41) is 9.38. The van der Waals surface area contributed by atoms with Crippen molar-refractivity contribution in [2.24, 2.45) is 0 Å². The summed E-state index contributed by atoms with van der Waals surface area (Å²) in [6, 6.07) is 13.7. The Labute approximate surface area is 202 Å². The average Bonchev–Trinajstić information content (AvgIpc) is 2.84. The summed E-state index contributed by atoms with van der Waals surface area (Å²) in [6.07, 6.45) is 4.98. The molecule has 0 aliphatic carbocycles. The maximum atomic E-state index is 8.73. The Bertz CT molecular complexity index is 1020. The van der Waals surface area contributed by atoms with Gasteiger partial charge in [-0.1, -0.05) is 17.7 Å². The number of fused-ring (bicyclic) bond motifs is 1. The molecule has 2 aliphatic heterocycles. The summed E-state index contributed by atoms with van der Waals surface area (Å²) in [6.45, 7) is 8.05. The first-order chi connectivity index (χ1) is 16.0. The molecular weight excluding hydrogens is 434 g/mol. The fourth-order valence-electron chi connectivity index (χ4n) is 5.33. The Morgan fingerprint density at radius 2 is 1.94 bits per heavy atom. The van der Waals surface area contributed by atoms with Gasteiger partial charge in [0.05, 0.1) is 24.8 Å². The summed E-state index contributed by atoms with van der Waals surface area (Å²) >= 11 is 6.24. The van der Waals surface area contributed by atoms with Crippen molar-refractivity contribution in [3.63, 3.8) is 0 Å². The van der Waals surface area contributed by atoms with Crippen LogP contribution in [0.4, 0.5) is 5.69 Å². The summed E-state index contributed by atoms with van der Waals surface area (Å²) in [4.78, 5) is 5.20. The predicted molar refractivity (Wildman–Crippen MR) is 134 cm³/mol. The SMILES string of the molecule is COc1cc(N2CCN3[C@@H](CCC[C@@H]3c3ccc(OCCCC#N)c(C)c3C)C2)ccc1Cl. The van der Waals surface area contributed by atoms with Crippen molar-refractivity contribution in [1.29, 1.82) is 5.26 Å². The molecule has 5 nitrogen and oxygen atoms in total. The molecule has 2 heterocycles. The molecule has 6 heteroatoms. The van der Waals surface area contributed by atoms with Gasteiger partial charge in [0, 0.05) is 49.9 Å². The number of nitrogens with zero attached hydrogens (tertiary/aromatic N) is 3. The Hall–Kier alpha value is -2.42. The maximum absolute atomic E-state index is 8.73. The van der Waals surface area contributed by atoms with Gasteiger partial charge in [0.1, 0.15) is 11.5 Å². The number of halogens is 1. The van der Waals surface area contributed by atoms with E-state index in [0.29, 0.717) is 30.1 Å². The molecule has 0 bridgehead atoms. The van der Waals surface area contributed by atoms with E-state index in [9.17, 15) is 0 Å². The molecule has 0 unspecified atom stereocenters. The van der Waals surface area contributed by atoms with Crippen LogP contribution in [-0.2, 0) is 0 Å². The molecule has 2 fully saturated rings. The highest BCUT2D eigenvalue weighted by atomic mass is 35.5. The first-order valence-electron chi connectivity index (χ1n) is 12.0. The van der Waals surface area contributed by atoms with E-state index in [1.165, 1.54) is 41.6 Å². The van der Waals surface area contributed by atoms with E-state index in [0.717, 1.165) is 37.6 Å². The van der Waals surface area contributed by atoms with Crippen LogP contribution < -0.4 is 14.4 Å². The van der Waals surface area contributed by atoms with Crippen molar-refractivity contribution in [2.45, 2.75) is 58.0 Å². The normalized spacial score (nSPS) is 20.8. The summed E-state index contributed by atoms with van der Waals surface area (Å²) in [5.74, 6) is 1.68. The van der Waals surface area contributed by atoms with Crippen LogP contribution in [0.2, 0.25) is 5.02 Å². The number of hydrogen-bond acceptors (Lipinski definition) is 5. The first kappa shape index (κ1) is 23.7. The van der Waals surface area contributed by atoms with Crippen LogP contribution >= 0.6 is 11.6 Å². The number of unbranched alkanes of at least 4 members (excludes halogenated alkanes) is 1. The van der Waals surface area contributed by atoms with Gasteiger partial charge in [0.15, 0.2) is 0 Å². The highest BCUT2D eigenvalue weighted by Crippen LogP contribution is 2.40. The number of hydrogen-bond donors (Lipinski definition) is 0. The van der Waals surface area contributed by atoms with Crippen molar-refractivity contribution >= 4 is 17.3 Å². The number of nitriles is 1. The van der Waals surface area contributed by atoms with E-state index in [2.05, 4.69) is 54.0 Å². The molecule has 0 spiro atoms. The fraction of sp³-hybridized carbons (Fsp3) is 0.519. The minimum Gasteiger partial charge on any atom is -0.495 e. The minimum absolute atomic E-state index is 0.456. The Morgan fingerprint density at radius 3 is 2.73 bits per heavy atom. The summed E-state index contributed by atoms with van der Waals surface area (Å²) in [5.41, 5.74) is 5.17. The molecule has 2 aliphatic rings. The second kappa shape index (κ2) is 10.7. The molecule has 2 aromatic rings. The third kappa shape index (κ3) is 5.08. The van der Waals surface area contributed by atoms with E-state index >= 15 is 0 Å². The molecule has 0 saturated carbocycles. The quantitative estimate of drug-likeness (QED) is 0.463. The lowest BCUT2D eigenvalue weighted by atomic mass is 9.86. The molecule has 2 atom stereocenters. The zero-order valence-electron chi connectivity index (χ0n) is 19.9. The lowest BCUT2D eigenvalue weighted by Gasteiger charge is -2.49. The predicted octanol–water partition coefficient (Wildman–Crippen LogP) is 6.06. The third-order valence-electron chi connectivity index (χ3n) is 7.27. The van der Waals surface area contributed by atoms with Gasteiger partial charge in [-0.25, -0.2) is 0 Å². The number of ether oxygens (including phenoxy) is 2. The largest absolute Gasteiger partial charge is 0.495 e. The number of piperidine rings is 1. The van der Waals surface area contributed by atoms with Gasteiger partial charge >= 0.3 is 0 Å². The number of anilines is 1. The third-order valence-corrected chi connectivity index (χ3v) is 7.58. The van der Waals surface area contributed by atoms with Crippen molar-refractivity contribution < 1.29 is 9.47 Å². The van der Waals surface area contributed by atoms with Crippen LogP contribution in [0.3, 0.4) is 0 Å². The number of rotatable bonds is 7. The summed E-state index contributed by atoms with van der Waals surface area (Å²) in [7, 11) is 1.67. The second-order valence-corrected chi connectivity index (χ2v) is 9.52. The molecule has 2 saturated heterocycles. The average molecular weight is 468 g/mol. The van der Waals surface area contributed by atoms with E-state index in [1.807, 2.05) is 6.07 Å². The zero-order chi connectivity index (χ0) is 23.4.